The third-order valence-electron chi connectivity index (χ3n) is 3.24. The Morgan fingerprint density at radius 3 is 2.84 bits per heavy atom. The van der Waals surface area contributed by atoms with Crippen LogP contribution in [0.25, 0.3) is 0 Å². The molecule has 1 fully saturated rings. The number of aryl methyl sites for hydroxylation is 1. The largest absolute Gasteiger partial charge is 0.394 e. The van der Waals surface area contributed by atoms with Gasteiger partial charge in [-0.2, -0.15) is 0 Å². The second kappa shape index (κ2) is 4.98. The molecule has 104 valence electrons. The molecule has 3 atom stereocenters. The van der Waals surface area contributed by atoms with Gasteiger partial charge in [0.05, 0.1) is 18.6 Å². The maximum absolute atomic E-state index is 11.7. The average Bonchev–Trinajstić information content (AvgIpc) is 2.77. The number of nitrogens with two attached hydrogens (primary N) is 1. The highest BCUT2D eigenvalue weighted by molar-refractivity contribution is 5.77. The number of primary amides is 1. The molecule has 19 heavy (non-hydrogen) atoms. The number of ether oxygens (including phenoxy) is 1. The van der Waals surface area contributed by atoms with Crippen molar-refractivity contribution in [2.45, 2.75) is 25.7 Å². The second-order valence-corrected chi connectivity index (χ2v) is 4.53. The van der Waals surface area contributed by atoms with Crippen molar-refractivity contribution in [3.8, 4) is 0 Å². The van der Waals surface area contributed by atoms with Crippen molar-refractivity contribution in [2.24, 2.45) is 11.7 Å². The Kier molecular flexibility index (Phi) is 3.54. The van der Waals surface area contributed by atoms with Crippen LogP contribution >= 0.6 is 0 Å². The lowest BCUT2D eigenvalue weighted by molar-refractivity contribution is -0.124. The van der Waals surface area contributed by atoms with Crippen LogP contribution in [-0.2, 0) is 9.53 Å². The molecule has 0 unspecified atom stereocenters. The third-order valence-corrected chi connectivity index (χ3v) is 3.24. The number of H-pyrrole nitrogens is 1. The molecule has 2 heterocycles. The van der Waals surface area contributed by atoms with E-state index in [-0.39, 0.29) is 13.0 Å². The molecule has 1 saturated heterocycles. The number of nitrogens with zero attached hydrogens (tertiary/aromatic N) is 1. The van der Waals surface area contributed by atoms with Gasteiger partial charge in [0.2, 0.25) is 5.91 Å². The van der Waals surface area contributed by atoms with Gasteiger partial charge in [0, 0.05) is 18.2 Å². The molecule has 0 radical (unpaired) electrons. The Balaban J connectivity index is 2.35. The molecule has 1 amide bonds. The van der Waals surface area contributed by atoms with Crippen molar-refractivity contribution in [3.63, 3.8) is 0 Å². The zero-order valence-corrected chi connectivity index (χ0v) is 10.3. The predicted octanol–water partition coefficient (Wildman–Crippen LogP) is -1.77. The number of aromatic nitrogens is 2. The van der Waals surface area contributed by atoms with Crippen LogP contribution in [0.15, 0.2) is 15.8 Å². The van der Waals surface area contributed by atoms with Crippen LogP contribution in [0.5, 0.6) is 0 Å². The number of nitrogens with one attached hydrogen (secondary N) is 1. The Bertz CT molecular complexity index is 605. The van der Waals surface area contributed by atoms with Gasteiger partial charge >= 0.3 is 5.69 Å². The van der Waals surface area contributed by atoms with Gasteiger partial charge in [0.1, 0.15) is 6.23 Å². The Labute approximate surface area is 107 Å². The number of aliphatic hydroxyl groups excluding tert-OH is 1. The van der Waals surface area contributed by atoms with Crippen LogP contribution in [0.1, 0.15) is 18.2 Å². The molecule has 2 rings (SSSR count). The zero-order chi connectivity index (χ0) is 14.2. The van der Waals surface area contributed by atoms with Gasteiger partial charge in [-0.25, -0.2) is 4.79 Å². The molecule has 8 heteroatoms. The van der Waals surface area contributed by atoms with Gasteiger partial charge in [0.15, 0.2) is 0 Å². The Hall–Kier alpha value is -1.93. The third kappa shape index (κ3) is 2.45. The molecule has 0 aliphatic carbocycles. The highest BCUT2D eigenvalue weighted by atomic mass is 16.5. The summed E-state index contributed by atoms with van der Waals surface area (Å²) in [6, 6.07) is 0. The standard InChI is InChI=1S/C11H15N3O5/c1-5-3-14(11(18)13-10(5)17)8-2-6(9(12)16)7(4-15)19-8/h3,6-8,15H,2,4H2,1H3,(H2,12,16)(H,13,17,18)/t6-,7+,8+/m0/s1. The minimum atomic E-state index is -0.735. The number of hydrogen-bond donors (Lipinski definition) is 3. The lowest BCUT2D eigenvalue weighted by Gasteiger charge is -2.14. The monoisotopic (exact) mass is 269 g/mol. The minimum Gasteiger partial charge on any atom is -0.394 e. The number of amides is 1. The van der Waals surface area contributed by atoms with E-state index in [1.807, 2.05) is 0 Å². The van der Waals surface area contributed by atoms with Gasteiger partial charge in [0.25, 0.3) is 5.56 Å². The lowest BCUT2D eigenvalue weighted by Crippen LogP contribution is -2.33. The molecular formula is C11H15N3O5. The number of rotatable bonds is 3. The first-order valence-corrected chi connectivity index (χ1v) is 5.81. The zero-order valence-electron chi connectivity index (χ0n) is 10.3. The number of aliphatic hydroxyl groups is 1. The van der Waals surface area contributed by atoms with Crippen molar-refractivity contribution in [2.75, 3.05) is 6.61 Å². The molecular weight excluding hydrogens is 254 g/mol. The minimum absolute atomic E-state index is 0.186. The van der Waals surface area contributed by atoms with Gasteiger partial charge in [-0.1, -0.05) is 0 Å². The van der Waals surface area contributed by atoms with Crippen LogP contribution in [0, 0.1) is 12.8 Å². The van der Waals surface area contributed by atoms with E-state index >= 15 is 0 Å². The van der Waals surface area contributed by atoms with E-state index < -0.39 is 35.4 Å². The summed E-state index contributed by atoms with van der Waals surface area (Å²) in [6.07, 6.45) is 0.0922. The SMILES string of the molecule is Cc1cn([C@H]2C[C@H](C(N)=O)[C@@H](CO)O2)c(=O)[nH]c1=O. The summed E-state index contributed by atoms with van der Waals surface area (Å²) < 4.78 is 6.63. The van der Waals surface area contributed by atoms with Crippen molar-refractivity contribution >= 4 is 5.91 Å². The summed E-state index contributed by atoms with van der Waals surface area (Å²) in [5.74, 6) is -1.25. The molecule has 4 N–H and O–H groups in total. The molecule has 0 saturated carbocycles. The fourth-order valence-corrected chi connectivity index (χ4v) is 2.17. The van der Waals surface area contributed by atoms with Gasteiger partial charge in [-0.15, -0.1) is 0 Å². The predicted molar refractivity (Wildman–Crippen MR) is 64.4 cm³/mol. The highest BCUT2D eigenvalue weighted by Gasteiger charge is 2.39. The normalized spacial score (nSPS) is 26.5. The lowest BCUT2D eigenvalue weighted by atomic mass is 10.0. The van der Waals surface area contributed by atoms with Crippen LogP contribution in [0.4, 0.5) is 0 Å². The van der Waals surface area contributed by atoms with Crippen molar-refractivity contribution in [1.29, 1.82) is 0 Å². The molecule has 1 aromatic heterocycles. The van der Waals surface area contributed by atoms with Crippen LogP contribution < -0.4 is 17.0 Å². The quantitative estimate of drug-likeness (QED) is 0.598. The first-order chi connectivity index (χ1) is 8.93. The summed E-state index contributed by atoms with van der Waals surface area (Å²) >= 11 is 0. The molecule has 1 aliphatic heterocycles. The maximum Gasteiger partial charge on any atom is 0.330 e. The average molecular weight is 269 g/mol. The molecule has 1 aliphatic rings. The second-order valence-electron chi connectivity index (χ2n) is 4.53. The molecule has 0 spiro atoms. The molecule has 0 aromatic carbocycles. The van der Waals surface area contributed by atoms with E-state index in [2.05, 4.69) is 4.98 Å². The van der Waals surface area contributed by atoms with Crippen molar-refractivity contribution in [3.05, 3.63) is 32.6 Å². The number of carbonyl (C=O) groups excluding carboxylic acids is 1. The van der Waals surface area contributed by atoms with E-state index in [9.17, 15) is 14.4 Å². The Morgan fingerprint density at radius 2 is 2.32 bits per heavy atom. The summed E-state index contributed by atoms with van der Waals surface area (Å²) in [7, 11) is 0. The van der Waals surface area contributed by atoms with E-state index in [0.29, 0.717) is 5.56 Å². The summed E-state index contributed by atoms with van der Waals surface area (Å²) in [6.45, 7) is 1.19. The number of hydrogen-bond acceptors (Lipinski definition) is 5. The first-order valence-electron chi connectivity index (χ1n) is 5.81. The Morgan fingerprint density at radius 1 is 1.63 bits per heavy atom. The first kappa shape index (κ1) is 13.5. The maximum atomic E-state index is 11.7. The topological polar surface area (TPSA) is 127 Å². The van der Waals surface area contributed by atoms with Gasteiger partial charge in [-0.05, 0) is 6.92 Å². The summed E-state index contributed by atoms with van der Waals surface area (Å²) in [5.41, 5.74) is 4.48. The van der Waals surface area contributed by atoms with Gasteiger partial charge < -0.3 is 15.6 Å². The van der Waals surface area contributed by atoms with Crippen LogP contribution in [0.3, 0.4) is 0 Å². The van der Waals surface area contributed by atoms with Crippen LogP contribution in [-0.4, -0.2) is 33.3 Å². The fraction of sp³-hybridized carbons (Fsp3) is 0.545. The summed E-state index contributed by atoms with van der Waals surface area (Å²) in [4.78, 5) is 36.4. The molecule has 8 nitrogen and oxygen atoms in total. The van der Waals surface area contributed by atoms with E-state index in [1.165, 1.54) is 10.8 Å². The van der Waals surface area contributed by atoms with Crippen molar-refractivity contribution < 1.29 is 14.6 Å². The van der Waals surface area contributed by atoms with E-state index in [0.717, 1.165) is 0 Å². The van der Waals surface area contributed by atoms with E-state index in [1.54, 1.807) is 6.92 Å². The van der Waals surface area contributed by atoms with Gasteiger partial charge in [-0.3, -0.25) is 19.1 Å². The number of carbonyl (C=O) groups is 1. The van der Waals surface area contributed by atoms with E-state index in [4.69, 9.17) is 15.6 Å². The summed E-state index contributed by atoms with van der Waals surface area (Å²) in [5, 5.41) is 9.14. The van der Waals surface area contributed by atoms with Crippen molar-refractivity contribution in [1.82, 2.24) is 9.55 Å². The highest BCUT2D eigenvalue weighted by Crippen LogP contribution is 2.32. The fourth-order valence-electron chi connectivity index (χ4n) is 2.17. The molecule has 1 aromatic rings. The molecule has 0 bridgehead atoms. The smallest absolute Gasteiger partial charge is 0.330 e. The number of aromatic amines is 1. The van der Waals surface area contributed by atoms with Crippen LogP contribution in [0.2, 0.25) is 0 Å².